The smallest absolute Gasteiger partial charge is 0.407 e. The molecule has 1 aliphatic carbocycles. The highest BCUT2D eigenvalue weighted by Crippen LogP contribution is 2.45. The zero-order valence-electron chi connectivity index (χ0n) is 18.4. The Morgan fingerprint density at radius 2 is 1.71 bits per heavy atom. The highest BCUT2D eigenvalue weighted by atomic mass is 16.6. The van der Waals surface area contributed by atoms with Gasteiger partial charge in [-0.3, -0.25) is 0 Å². The summed E-state index contributed by atoms with van der Waals surface area (Å²) in [4.78, 5) is 16.6. The molecule has 1 saturated carbocycles. The molecule has 0 bridgehead atoms. The Kier molecular flexibility index (Phi) is 6.12. The van der Waals surface area contributed by atoms with E-state index in [4.69, 9.17) is 4.74 Å². The highest BCUT2D eigenvalue weighted by molar-refractivity contribution is 5.91. The summed E-state index contributed by atoms with van der Waals surface area (Å²) in [6.07, 6.45) is 5.05. The van der Waals surface area contributed by atoms with Crippen LogP contribution in [-0.2, 0) is 10.2 Å². The van der Waals surface area contributed by atoms with Crippen LogP contribution in [0.3, 0.4) is 0 Å². The lowest BCUT2D eigenvalue weighted by molar-refractivity contribution is -0.0168. The van der Waals surface area contributed by atoms with Crippen LogP contribution in [0.15, 0.2) is 66.9 Å². The minimum Gasteiger partial charge on any atom is -0.443 e. The van der Waals surface area contributed by atoms with Crippen LogP contribution in [-0.4, -0.2) is 29.8 Å². The van der Waals surface area contributed by atoms with Crippen molar-refractivity contribution < 1.29 is 9.53 Å². The van der Waals surface area contributed by atoms with Gasteiger partial charge in [-0.2, -0.15) is 0 Å². The standard InChI is InChI=1S/C26H31N3O2/c1-3-27-24(30)31-25(2)14-16-26(17-15-25,21-10-5-4-6-11-21)19-29-23-22-12-8-7-9-20(22)13-18-28-23/h4-13,18H,3,14-17,19H2,1-2H3,(H,27,30)(H,28,29). The first-order valence-corrected chi connectivity index (χ1v) is 11.1. The molecule has 0 aliphatic heterocycles. The number of carbonyl (C=O) groups is 1. The third kappa shape index (κ3) is 4.66. The van der Waals surface area contributed by atoms with E-state index in [1.807, 2.05) is 31.3 Å². The van der Waals surface area contributed by atoms with E-state index in [9.17, 15) is 4.79 Å². The second kappa shape index (κ2) is 8.96. The van der Waals surface area contributed by atoms with Crippen LogP contribution in [0.25, 0.3) is 10.8 Å². The van der Waals surface area contributed by atoms with E-state index in [0.29, 0.717) is 6.54 Å². The molecule has 2 aromatic carbocycles. The number of amides is 1. The number of rotatable bonds is 6. The van der Waals surface area contributed by atoms with Crippen LogP contribution in [0, 0.1) is 0 Å². The van der Waals surface area contributed by atoms with Gasteiger partial charge in [-0.1, -0.05) is 54.6 Å². The summed E-state index contributed by atoms with van der Waals surface area (Å²) in [5.74, 6) is 0.917. The number of aromatic nitrogens is 1. The second-order valence-electron chi connectivity index (χ2n) is 8.75. The van der Waals surface area contributed by atoms with E-state index >= 15 is 0 Å². The van der Waals surface area contributed by atoms with Gasteiger partial charge in [0.15, 0.2) is 0 Å². The fourth-order valence-electron chi connectivity index (χ4n) is 4.64. The van der Waals surface area contributed by atoms with Crippen LogP contribution >= 0.6 is 0 Å². The van der Waals surface area contributed by atoms with Crippen LogP contribution in [0.2, 0.25) is 0 Å². The summed E-state index contributed by atoms with van der Waals surface area (Å²) in [5, 5.41) is 8.72. The molecule has 1 fully saturated rings. The molecule has 0 radical (unpaired) electrons. The van der Waals surface area contributed by atoms with Crippen molar-refractivity contribution in [3.8, 4) is 0 Å². The summed E-state index contributed by atoms with van der Waals surface area (Å²) >= 11 is 0. The molecule has 1 aromatic heterocycles. The number of hydrogen-bond donors (Lipinski definition) is 2. The van der Waals surface area contributed by atoms with E-state index in [-0.39, 0.29) is 11.5 Å². The van der Waals surface area contributed by atoms with Crippen molar-refractivity contribution in [3.05, 3.63) is 72.4 Å². The van der Waals surface area contributed by atoms with Crippen LogP contribution in [0.1, 0.15) is 45.1 Å². The number of benzene rings is 2. The number of hydrogen-bond acceptors (Lipinski definition) is 4. The molecule has 5 heteroatoms. The summed E-state index contributed by atoms with van der Waals surface area (Å²) in [5.41, 5.74) is 0.849. The Bertz CT molecular complexity index is 1020. The topological polar surface area (TPSA) is 63.2 Å². The van der Waals surface area contributed by atoms with Gasteiger partial charge < -0.3 is 15.4 Å². The van der Waals surface area contributed by atoms with Gasteiger partial charge in [-0.25, -0.2) is 9.78 Å². The Hall–Kier alpha value is -3.08. The molecule has 0 atom stereocenters. The van der Waals surface area contributed by atoms with E-state index in [1.54, 1.807) is 0 Å². The van der Waals surface area contributed by atoms with Gasteiger partial charge in [0.1, 0.15) is 11.4 Å². The average molecular weight is 418 g/mol. The van der Waals surface area contributed by atoms with E-state index in [1.165, 1.54) is 10.9 Å². The Morgan fingerprint density at radius 1 is 1.00 bits per heavy atom. The number of pyridine rings is 1. The van der Waals surface area contributed by atoms with Crippen molar-refractivity contribution >= 4 is 22.7 Å². The van der Waals surface area contributed by atoms with Crippen molar-refractivity contribution in [2.45, 2.75) is 50.5 Å². The first-order chi connectivity index (χ1) is 15.0. The molecule has 0 saturated heterocycles. The fraction of sp³-hybridized carbons (Fsp3) is 0.385. The lowest BCUT2D eigenvalue weighted by atomic mass is 9.65. The molecule has 0 spiro atoms. The zero-order chi connectivity index (χ0) is 21.7. The maximum Gasteiger partial charge on any atom is 0.407 e. The maximum atomic E-state index is 12.0. The Labute approximate surface area is 184 Å². The number of nitrogens with one attached hydrogen (secondary N) is 2. The van der Waals surface area contributed by atoms with Crippen molar-refractivity contribution in [1.82, 2.24) is 10.3 Å². The Morgan fingerprint density at radius 3 is 2.45 bits per heavy atom. The maximum absolute atomic E-state index is 12.0. The van der Waals surface area contributed by atoms with Crippen molar-refractivity contribution in [2.75, 3.05) is 18.4 Å². The summed E-state index contributed by atoms with van der Waals surface area (Å²) in [6, 6.07) is 21.1. The number of carbonyl (C=O) groups excluding carboxylic acids is 1. The van der Waals surface area contributed by atoms with Gasteiger partial charge in [-0.15, -0.1) is 0 Å². The van der Waals surface area contributed by atoms with Gasteiger partial charge in [0, 0.05) is 30.1 Å². The minimum atomic E-state index is -0.435. The van der Waals surface area contributed by atoms with Crippen molar-refractivity contribution in [2.24, 2.45) is 0 Å². The second-order valence-corrected chi connectivity index (χ2v) is 8.75. The summed E-state index contributed by atoms with van der Waals surface area (Å²) < 4.78 is 5.79. The van der Waals surface area contributed by atoms with Crippen molar-refractivity contribution in [1.29, 1.82) is 0 Å². The molecule has 31 heavy (non-hydrogen) atoms. The molecule has 162 valence electrons. The molecule has 1 heterocycles. The number of nitrogens with zero attached hydrogens (tertiary/aromatic N) is 1. The lowest BCUT2D eigenvalue weighted by Gasteiger charge is -2.45. The monoisotopic (exact) mass is 417 g/mol. The minimum absolute atomic E-state index is 0.0377. The molecule has 4 rings (SSSR count). The van der Waals surface area contributed by atoms with Gasteiger partial charge in [0.05, 0.1) is 0 Å². The number of fused-ring (bicyclic) bond motifs is 1. The third-order valence-electron chi connectivity index (χ3n) is 6.58. The predicted octanol–water partition coefficient (Wildman–Crippen LogP) is 5.66. The Balaban J connectivity index is 1.55. The van der Waals surface area contributed by atoms with E-state index in [0.717, 1.165) is 43.4 Å². The molecule has 0 unspecified atom stereocenters. The molecule has 5 nitrogen and oxygen atoms in total. The lowest BCUT2D eigenvalue weighted by Crippen LogP contribution is -2.46. The van der Waals surface area contributed by atoms with E-state index < -0.39 is 5.60 Å². The number of ether oxygens (including phenoxy) is 1. The largest absolute Gasteiger partial charge is 0.443 e. The highest BCUT2D eigenvalue weighted by Gasteiger charge is 2.43. The molecule has 1 amide bonds. The predicted molar refractivity (Wildman–Crippen MR) is 125 cm³/mol. The molecule has 2 N–H and O–H groups in total. The van der Waals surface area contributed by atoms with Crippen LogP contribution in [0.4, 0.5) is 10.6 Å². The quantitative estimate of drug-likeness (QED) is 0.543. The summed E-state index contributed by atoms with van der Waals surface area (Å²) in [7, 11) is 0. The molecular formula is C26H31N3O2. The normalized spacial score (nSPS) is 23.3. The van der Waals surface area contributed by atoms with Gasteiger partial charge >= 0.3 is 6.09 Å². The third-order valence-corrected chi connectivity index (χ3v) is 6.58. The number of anilines is 1. The van der Waals surface area contributed by atoms with Crippen LogP contribution in [0.5, 0.6) is 0 Å². The zero-order valence-corrected chi connectivity index (χ0v) is 18.4. The first kappa shape index (κ1) is 21.2. The van der Waals surface area contributed by atoms with E-state index in [2.05, 4.69) is 65.0 Å². The first-order valence-electron chi connectivity index (χ1n) is 11.1. The van der Waals surface area contributed by atoms with Crippen molar-refractivity contribution in [3.63, 3.8) is 0 Å². The molecular weight excluding hydrogens is 386 g/mol. The average Bonchev–Trinajstić information content (AvgIpc) is 2.79. The SMILES string of the molecule is CCNC(=O)OC1(C)CCC(CNc2nccc3ccccc23)(c2ccccc2)CC1. The molecule has 3 aromatic rings. The van der Waals surface area contributed by atoms with Gasteiger partial charge in [0.2, 0.25) is 0 Å². The fourth-order valence-corrected chi connectivity index (χ4v) is 4.64. The summed E-state index contributed by atoms with van der Waals surface area (Å²) in [6.45, 7) is 5.31. The number of alkyl carbamates (subject to hydrolysis) is 1. The van der Waals surface area contributed by atoms with Crippen LogP contribution < -0.4 is 10.6 Å². The van der Waals surface area contributed by atoms with Gasteiger partial charge in [-0.05, 0) is 56.5 Å². The van der Waals surface area contributed by atoms with Gasteiger partial charge in [0.25, 0.3) is 0 Å². The molecule has 1 aliphatic rings.